The normalized spacial score (nSPS) is 17.6. The predicted molar refractivity (Wildman–Crippen MR) is 105 cm³/mol. The molecule has 0 saturated carbocycles. The summed E-state index contributed by atoms with van der Waals surface area (Å²) in [5.74, 6) is -3.03. The van der Waals surface area contributed by atoms with E-state index in [9.17, 15) is 22.4 Å². The van der Waals surface area contributed by atoms with Crippen molar-refractivity contribution in [2.45, 2.75) is 37.0 Å². The second-order valence-electron chi connectivity index (χ2n) is 6.69. The van der Waals surface area contributed by atoms with Crippen molar-refractivity contribution in [3.8, 4) is 0 Å². The molecule has 1 aromatic carbocycles. The van der Waals surface area contributed by atoms with Gasteiger partial charge in [0.25, 0.3) is 0 Å². The molecule has 0 spiro atoms. The molecule has 8 nitrogen and oxygen atoms in total. The maximum absolute atomic E-state index is 13.1. The number of hydrogen-bond donors (Lipinski definition) is 1. The molecular formula is C18H24BFN2O6S. The largest absolute Gasteiger partial charge is 0.622 e. The number of nitrogens with one attached hydrogen (secondary N) is 1. The average molecular weight is 426 g/mol. The molecule has 0 radical (unpaired) electrons. The van der Waals surface area contributed by atoms with E-state index in [1.54, 1.807) is 13.1 Å². The number of halogens is 1. The van der Waals surface area contributed by atoms with Crippen LogP contribution in [0, 0.1) is 5.82 Å². The molecule has 158 valence electrons. The fraction of sp³-hybridized carbons (Fsp3) is 0.444. The molecule has 1 heterocycles. The molecule has 1 unspecified atom stereocenters. The number of unbranched alkanes of at least 4 members (excludes halogenated alkanes) is 2. The SMILES string of the molecule is CCCCC=CC(NS(=O)(=O)c1ccc(F)cc1)B1OC(=O)CN(C)CC(=O)O1. The molecule has 0 amide bonds. The van der Waals surface area contributed by atoms with E-state index in [2.05, 4.69) is 4.72 Å². The van der Waals surface area contributed by atoms with Crippen LogP contribution >= 0.6 is 0 Å². The van der Waals surface area contributed by atoms with Crippen LogP contribution in [-0.4, -0.2) is 58.5 Å². The summed E-state index contributed by atoms with van der Waals surface area (Å²) in [7, 11) is -4.00. The van der Waals surface area contributed by atoms with E-state index in [1.807, 2.05) is 6.92 Å². The van der Waals surface area contributed by atoms with Gasteiger partial charge in [0.2, 0.25) is 10.0 Å². The van der Waals surface area contributed by atoms with Crippen LogP contribution in [0.4, 0.5) is 4.39 Å². The molecule has 29 heavy (non-hydrogen) atoms. The molecule has 11 heteroatoms. The van der Waals surface area contributed by atoms with Crippen LogP contribution in [-0.2, 0) is 28.9 Å². The van der Waals surface area contributed by atoms with Crippen LogP contribution in [0.2, 0.25) is 0 Å². The first-order valence-electron chi connectivity index (χ1n) is 9.23. The van der Waals surface area contributed by atoms with Crippen molar-refractivity contribution in [2.75, 3.05) is 20.1 Å². The first-order valence-corrected chi connectivity index (χ1v) is 10.7. The highest BCUT2D eigenvalue weighted by Crippen LogP contribution is 2.13. The van der Waals surface area contributed by atoms with Crippen LogP contribution in [0.3, 0.4) is 0 Å². The van der Waals surface area contributed by atoms with E-state index in [1.165, 1.54) is 11.0 Å². The maximum atomic E-state index is 13.1. The van der Waals surface area contributed by atoms with E-state index in [0.29, 0.717) is 6.42 Å². The minimum absolute atomic E-state index is 0.136. The minimum atomic E-state index is -4.10. The van der Waals surface area contributed by atoms with Gasteiger partial charge in [-0.25, -0.2) is 17.5 Å². The highest BCUT2D eigenvalue weighted by Gasteiger charge is 2.40. The summed E-state index contributed by atoms with van der Waals surface area (Å²) in [5.41, 5.74) is 0. The van der Waals surface area contributed by atoms with Crippen LogP contribution < -0.4 is 4.72 Å². The summed E-state index contributed by atoms with van der Waals surface area (Å²) in [6.45, 7) is 1.74. The van der Waals surface area contributed by atoms with Gasteiger partial charge >= 0.3 is 19.1 Å². The van der Waals surface area contributed by atoms with Crippen molar-refractivity contribution in [3.63, 3.8) is 0 Å². The number of allylic oxidation sites excluding steroid dienone is 1. The quantitative estimate of drug-likeness (QED) is 0.380. The van der Waals surface area contributed by atoms with E-state index < -0.39 is 40.8 Å². The van der Waals surface area contributed by atoms with Crippen molar-refractivity contribution in [1.29, 1.82) is 0 Å². The highest BCUT2D eigenvalue weighted by molar-refractivity contribution is 7.89. The smallest absolute Gasteiger partial charge is 0.497 e. The first kappa shape index (κ1) is 23.0. The molecular weight excluding hydrogens is 402 g/mol. The third-order valence-electron chi connectivity index (χ3n) is 4.07. The minimum Gasteiger partial charge on any atom is -0.497 e. The lowest BCUT2D eigenvalue weighted by atomic mass is 9.78. The lowest BCUT2D eigenvalue weighted by Crippen LogP contribution is -2.53. The van der Waals surface area contributed by atoms with Crippen LogP contribution in [0.5, 0.6) is 0 Å². The van der Waals surface area contributed by atoms with E-state index >= 15 is 0 Å². The Morgan fingerprint density at radius 3 is 2.34 bits per heavy atom. The van der Waals surface area contributed by atoms with Crippen molar-refractivity contribution in [1.82, 2.24) is 9.62 Å². The monoisotopic (exact) mass is 426 g/mol. The van der Waals surface area contributed by atoms with Crippen molar-refractivity contribution in [2.24, 2.45) is 0 Å². The zero-order valence-electron chi connectivity index (χ0n) is 16.3. The van der Waals surface area contributed by atoms with E-state index in [0.717, 1.165) is 37.1 Å². The number of benzene rings is 1. The van der Waals surface area contributed by atoms with Gasteiger partial charge in [-0.1, -0.05) is 31.9 Å². The molecule has 0 aromatic heterocycles. The second kappa shape index (κ2) is 10.5. The summed E-state index contributed by atoms with van der Waals surface area (Å²) in [5, 5.41) is 0. The Kier molecular flexibility index (Phi) is 8.36. The molecule has 1 fully saturated rings. The molecule has 1 N–H and O–H groups in total. The number of carbonyl (C=O) groups excluding carboxylic acids is 2. The van der Waals surface area contributed by atoms with Crippen molar-refractivity contribution >= 4 is 29.1 Å². The molecule has 1 saturated heterocycles. The fourth-order valence-corrected chi connectivity index (χ4v) is 3.79. The van der Waals surface area contributed by atoms with Gasteiger partial charge in [0.1, 0.15) is 11.8 Å². The number of likely N-dealkylation sites (N-methyl/N-ethyl adjacent to an activating group) is 1. The zero-order valence-corrected chi connectivity index (χ0v) is 17.2. The average Bonchev–Trinajstić information content (AvgIpc) is 2.62. The van der Waals surface area contributed by atoms with E-state index in [4.69, 9.17) is 9.31 Å². The van der Waals surface area contributed by atoms with Crippen molar-refractivity contribution in [3.05, 3.63) is 42.2 Å². The Labute approximate surface area is 170 Å². The number of rotatable bonds is 8. The van der Waals surface area contributed by atoms with Gasteiger partial charge in [-0.15, -0.1) is 0 Å². The fourth-order valence-electron chi connectivity index (χ4n) is 2.61. The third-order valence-corrected chi connectivity index (χ3v) is 5.54. The van der Waals surface area contributed by atoms with Gasteiger partial charge in [0.05, 0.1) is 18.0 Å². The molecule has 1 aromatic rings. The molecule has 0 bridgehead atoms. The van der Waals surface area contributed by atoms with Crippen LogP contribution in [0.1, 0.15) is 26.2 Å². The van der Waals surface area contributed by atoms with Gasteiger partial charge in [-0.2, -0.15) is 0 Å². The summed E-state index contributed by atoms with van der Waals surface area (Å²) < 4.78 is 51.3. The van der Waals surface area contributed by atoms with Gasteiger partial charge < -0.3 is 9.31 Å². The molecule has 1 aliphatic heterocycles. The number of hydrogen-bond acceptors (Lipinski definition) is 7. The molecule has 1 aliphatic rings. The summed E-state index contributed by atoms with van der Waals surface area (Å²) in [4.78, 5) is 25.3. The maximum Gasteiger partial charge on any atom is 0.622 e. The zero-order chi connectivity index (χ0) is 21.4. The molecule has 2 rings (SSSR count). The third kappa shape index (κ3) is 7.26. The van der Waals surface area contributed by atoms with Crippen LogP contribution in [0.15, 0.2) is 41.3 Å². The first-order chi connectivity index (χ1) is 13.7. The second-order valence-corrected chi connectivity index (χ2v) is 8.41. The van der Waals surface area contributed by atoms with Gasteiger partial charge in [0.15, 0.2) is 0 Å². The Bertz CT molecular complexity index is 826. The van der Waals surface area contributed by atoms with Crippen LogP contribution in [0.25, 0.3) is 0 Å². The lowest BCUT2D eigenvalue weighted by Gasteiger charge is -2.26. The van der Waals surface area contributed by atoms with Gasteiger partial charge in [-0.05, 0) is 37.7 Å². The summed E-state index contributed by atoms with van der Waals surface area (Å²) in [6.07, 6.45) is 5.71. The molecule has 1 atom stereocenters. The summed E-state index contributed by atoms with van der Waals surface area (Å²) >= 11 is 0. The predicted octanol–water partition coefficient (Wildman–Crippen LogP) is 1.28. The highest BCUT2D eigenvalue weighted by atomic mass is 32.2. The van der Waals surface area contributed by atoms with Crippen molar-refractivity contribution < 1.29 is 31.7 Å². The Morgan fingerprint density at radius 1 is 1.21 bits per heavy atom. The Balaban J connectivity index is 2.27. The number of nitrogens with zero attached hydrogens (tertiary/aromatic N) is 1. The number of carbonyl (C=O) groups is 2. The summed E-state index contributed by atoms with van der Waals surface area (Å²) in [6, 6.07) is 4.26. The van der Waals surface area contributed by atoms with E-state index in [-0.39, 0.29) is 18.0 Å². The Hall–Kier alpha value is -2.24. The topological polar surface area (TPSA) is 102 Å². The van der Waals surface area contributed by atoms with Gasteiger partial charge in [0, 0.05) is 0 Å². The van der Waals surface area contributed by atoms with Gasteiger partial charge in [-0.3, -0.25) is 14.5 Å². The lowest BCUT2D eigenvalue weighted by molar-refractivity contribution is -0.145. The molecule has 0 aliphatic carbocycles. The Morgan fingerprint density at radius 2 is 1.79 bits per heavy atom. The standard InChI is InChI=1S/C18H24BFN2O6S/c1-3-4-5-6-7-16(19-27-17(23)12-22(2)13-18(24)28-19)21-29(25,26)15-10-8-14(20)9-11-15/h6-11,16,21H,3-5,12-13H2,1-2H3. The number of sulfonamides is 1.